The van der Waals surface area contributed by atoms with Crippen molar-refractivity contribution in [3.8, 4) is 0 Å². The van der Waals surface area contributed by atoms with Crippen LogP contribution in [-0.2, 0) is 0 Å². The zero-order valence-electron chi connectivity index (χ0n) is 23.3. The van der Waals surface area contributed by atoms with Gasteiger partial charge in [-0.3, -0.25) is 10.8 Å². The van der Waals surface area contributed by atoms with Crippen LogP contribution in [0.4, 0.5) is 0 Å². The molecule has 4 atom stereocenters. The predicted octanol–water partition coefficient (Wildman–Crippen LogP) is 3.59. The molecule has 0 aliphatic heterocycles. The highest BCUT2D eigenvalue weighted by molar-refractivity contribution is 5.93. The lowest BCUT2D eigenvalue weighted by atomic mass is 9.90. The minimum atomic E-state index is 0.0256. The lowest BCUT2D eigenvalue weighted by Gasteiger charge is -2.33. The van der Waals surface area contributed by atoms with Gasteiger partial charge in [0.25, 0.3) is 0 Å². The van der Waals surface area contributed by atoms with E-state index in [4.69, 9.17) is 22.3 Å². The monoisotopic (exact) mass is 506 g/mol. The van der Waals surface area contributed by atoms with E-state index in [-0.39, 0.29) is 35.9 Å². The van der Waals surface area contributed by atoms with Crippen LogP contribution in [0.15, 0.2) is 9.98 Å². The number of hydrogen-bond donors (Lipinski definition) is 8. The molecule has 1 aliphatic carbocycles. The van der Waals surface area contributed by atoms with E-state index in [0.717, 1.165) is 64.5 Å². The Morgan fingerprint density at radius 2 is 1.14 bits per heavy atom. The summed E-state index contributed by atoms with van der Waals surface area (Å²) < 4.78 is 0. The van der Waals surface area contributed by atoms with Gasteiger partial charge in [0.1, 0.15) is 0 Å². The molecule has 1 saturated carbocycles. The Morgan fingerprint density at radius 3 is 1.47 bits per heavy atom. The molecule has 1 fully saturated rings. The highest BCUT2D eigenvalue weighted by Gasteiger charge is 2.26. The van der Waals surface area contributed by atoms with E-state index in [0.29, 0.717) is 11.8 Å². The van der Waals surface area contributed by atoms with Crippen LogP contribution in [0.2, 0.25) is 0 Å². The number of hydrogen-bond acceptors (Lipinski definition) is 2. The molecule has 0 spiro atoms. The minimum absolute atomic E-state index is 0.0256. The second-order valence-electron chi connectivity index (χ2n) is 10.1. The average Bonchev–Trinajstić information content (AvgIpc) is 2.85. The first kappa shape index (κ1) is 31.5. The van der Waals surface area contributed by atoms with Crippen molar-refractivity contribution in [2.75, 3.05) is 13.1 Å². The molecule has 0 heterocycles. The van der Waals surface area contributed by atoms with Crippen LogP contribution in [0, 0.1) is 22.7 Å². The fraction of sp³-hybridized carbons (Fsp3) is 0.846. The molecule has 0 aromatic heterocycles. The molecule has 0 saturated heterocycles. The molecule has 10 nitrogen and oxygen atoms in total. The van der Waals surface area contributed by atoms with Gasteiger partial charge in [-0.25, -0.2) is 0 Å². The van der Waals surface area contributed by atoms with E-state index in [1.54, 1.807) is 0 Å². The molecule has 0 radical (unpaired) electrons. The van der Waals surface area contributed by atoms with Crippen LogP contribution in [-0.4, -0.2) is 49.0 Å². The molecule has 1 aliphatic rings. The summed E-state index contributed by atoms with van der Waals surface area (Å²) in [5, 5.41) is 29.0. The maximum absolute atomic E-state index is 8.14. The van der Waals surface area contributed by atoms with Gasteiger partial charge >= 0.3 is 0 Å². The van der Waals surface area contributed by atoms with Gasteiger partial charge in [-0.1, -0.05) is 79.1 Å². The van der Waals surface area contributed by atoms with Crippen LogP contribution >= 0.6 is 0 Å². The van der Waals surface area contributed by atoms with Gasteiger partial charge in [0.15, 0.2) is 11.9 Å². The predicted molar refractivity (Wildman–Crippen MR) is 154 cm³/mol. The normalized spacial score (nSPS) is 20.3. The highest BCUT2D eigenvalue weighted by Crippen LogP contribution is 2.18. The molecule has 0 aromatic carbocycles. The number of rotatable bonds is 14. The smallest absolute Gasteiger partial charge is 0.218 e. The topological polar surface area (TPSA) is 173 Å². The van der Waals surface area contributed by atoms with Gasteiger partial charge < -0.3 is 32.7 Å². The van der Waals surface area contributed by atoms with Gasteiger partial charge in [-0.15, -0.1) is 0 Å². The number of aliphatic imine (C=N–C) groups is 2. The summed E-state index contributed by atoms with van der Waals surface area (Å²) in [6.07, 6.45) is 13.3. The van der Waals surface area contributed by atoms with Crippen molar-refractivity contribution in [1.82, 2.24) is 21.3 Å². The average molecular weight is 507 g/mol. The first-order chi connectivity index (χ1) is 17.3. The van der Waals surface area contributed by atoms with Crippen LogP contribution in [0.5, 0.6) is 0 Å². The van der Waals surface area contributed by atoms with Crippen molar-refractivity contribution in [1.29, 1.82) is 10.8 Å². The van der Waals surface area contributed by atoms with Crippen molar-refractivity contribution in [2.24, 2.45) is 33.3 Å². The summed E-state index contributed by atoms with van der Waals surface area (Å²) >= 11 is 0. The number of nitrogens with two attached hydrogens (primary N) is 2. The van der Waals surface area contributed by atoms with E-state index in [9.17, 15) is 0 Å². The van der Waals surface area contributed by atoms with Gasteiger partial charge in [0.05, 0.1) is 0 Å². The number of nitrogens with zero attached hydrogens (tertiary/aromatic N) is 2. The third kappa shape index (κ3) is 13.5. The van der Waals surface area contributed by atoms with Gasteiger partial charge in [-0.05, 0) is 37.5 Å². The molecule has 10 heteroatoms. The number of nitrogens with one attached hydrogen (secondary N) is 6. The first-order valence-corrected chi connectivity index (χ1v) is 14.2. The minimum Gasteiger partial charge on any atom is -0.370 e. The standard InChI is InChI=1S/C26H54N10/c1-5-9-13-19(7-3)17-31-23(27)35-25(29)33-21-15-11-12-16-22(21)34-26(30)36-24(28)32-18-20(8-4)14-10-6-2/h19-22H,5-18H2,1-4H3,(H5,27,29,31,33,35)(H5,28,30,32,34,36)/t19?,20?,21-,22+. The largest absolute Gasteiger partial charge is 0.370 e. The van der Waals surface area contributed by atoms with E-state index < -0.39 is 0 Å². The van der Waals surface area contributed by atoms with Crippen molar-refractivity contribution < 1.29 is 0 Å². The molecule has 0 amide bonds. The van der Waals surface area contributed by atoms with E-state index in [1.807, 2.05) is 0 Å². The first-order valence-electron chi connectivity index (χ1n) is 14.2. The Balaban J connectivity index is 2.57. The van der Waals surface area contributed by atoms with Gasteiger partial charge in [0.2, 0.25) is 11.9 Å². The Hall–Kier alpha value is -2.52. The maximum atomic E-state index is 8.14. The number of unbranched alkanes of at least 4 members (excludes halogenated alkanes) is 2. The van der Waals surface area contributed by atoms with Crippen molar-refractivity contribution >= 4 is 23.8 Å². The van der Waals surface area contributed by atoms with Crippen LogP contribution < -0.4 is 32.7 Å². The SMILES string of the molecule is CCCCC(CC)CNC(=N)/N=C(\N)N[C@H]1CCCC[C@H]1N/C(N)=N/C(=N)NCC(CC)CCCC. The van der Waals surface area contributed by atoms with Crippen LogP contribution in [0.3, 0.4) is 0 Å². The molecule has 0 aromatic rings. The van der Waals surface area contributed by atoms with Crippen molar-refractivity contribution in [3.63, 3.8) is 0 Å². The van der Waals surface area contributed by atoms with E-state index >= 15 is 0 Å². The summed E-state index contributed by atoms with van der Waals surface area (Å²) in [4.78, 5) is 8.42. The zero-order valence-corrected chi connectivity index (χ0v) is 23.3. The van der Waals surface area contributed by atoms with Crippen LogP contribution in [0.25, 0.3) is 0 Å². The summed E-state index contributed by atoms with van der Waals surface area (Å²) in [7, 11) is 0. The van der Waals surface area contributed by atoms with Crippen molar-refractivity contribution in [2.45, 2.75) is 117 Å². The summed E-state index contributed by atoms with van der Waals surface area (Å²) in [5.74, 6) is 1.72. The molecule has 0 bridgehead atoms. The Bertz CT molecular complexity index is 632. The molecule has 208 valence electrons. The highest BCUT2D eigenvalue weighted by atomic mass is 15.2. The molecular weight excluding hydrogens is 452 g/mol. The second-order valence-corrected chi connectivity index (χ2v) is 10.1. The van der Waals surface area contributed by atoms with E-state index in [2.05, 4.69) is 58.9 Å². The van der Waals surface area contributed by atoms with Gasteiger partial charge in [0, 0.05) is 25.2 Å². The zero-order chi connectivity index (χ0) is 26.8. The quantitative estimate of drug-likeness (QED) is 0.132. The molecule has 1 rings (SSSR count). The Morgan fingerprint density at radius 1 is 0.750 bits per heavy atom. The lowest BCUT2D eigenvalue weighted by molar-refractivity contribution is 0.337. The Kier molecular flexibility index (Phi) is 16.4. The molecular formula is C26H54N10. The van der Waals surface area contributed by atoms with Crippen molar-refractivity contribution in [3.05, 3.63) is 0 Å². The lowest BCUT2D eigenvalue weighted by Crippen LogP contribution is -2.56. The summed E-state index contributed by atoms with van der Waals surface area (Å²) in [6.45, 7) is 10.2. The maximum Gasteiger partial charge on any atom is 0.218 e. The fourth-order valence-corrected chi connectivity index (χ4v) is 4.61. The number of guanidine groups is 4. The molecule has 10 N–H and O–H groups in total. The third-order valence-corrected chi connectivity index (χ3v) is 7.10. The second kappa shape index (κ2) is 18.7. The summed E-state index contributed by atoms with van der Waals surface area (Å²) in [6, 6.07) is 0.0512. The Labute approximate surface area is 219 Å². The van der Waals surface area contributed by atoms with Crippen LogP contribution in [0.1, 0.15) is 105 Å². The fourth-order valence-electron chi connectivity index (χ4n) is 4.61. The van der Waals surface area contributed by atoms with Gasteiger partial charge in [-0.2, -0.15) is 9.98 Å². The molecule has 36 heavy (non-hydrogen) atoms. The third-order valence-electron chi connectivity index (χ3n) is 7.10. The summed E-state index contributed by atoms with van der Waals surface area (Å²) in [5.41, 5.74) is 12.3. The van der Waals surface area contributed by atoms with E-state index in [1.165, 1.54) is 25.7 Å². The molecule has 2 unspecified atom stereocenters.